The van der Waals surface area contributed by atoms with Gasteiger partial charge < -0.3 is 0 Å². The molecular weight excluding hydrogens is 228 g/mol. The van der Waals surface area contributed by atoms with Crippen molar-refractivity contribution in [3.63, 3.8) is 0 Å². The van der Waals surface area contributed by atoms with E-state index in [0.717, 1.165) is 18.4 Å². The number of non-ortho nitro benzene ring substituents is 1. The number of hydrogen-bond donors (Lipinski definition) is 0. The van der Waals surface area contributed by atoms with Gasteiger partial charge in [0.05, 0.1) is 16.4 Å². The van der Waals surface area contributed by atoms with Gasteiger partial charge in [0, 0.05) is 12.1 Å². The van der Waals surface area contributed by atoms with Crippen molar-refractivity contribution in [1.82, 2.24) is 0 Å². The molecular formula is C14H16N2O2. The molecule has 4 heteroatoms. The van der Waals surface area contributed by atoms with E-state index in [2.05, 4.69) is 19.9 Å². The Morgan fingerprint density at radius 2 is 1.94 bits per heavy atom. The van der Waals surface area contributed by atoms with Crippen molar-refractivity contribution < 1.29 is 4.92 Å². The summed E-state index contributed by atoms with van der Waals surface area (Å²) in [5.74, 6) is 1.17. The first-order valence-electron chi connectivity index (χ1n) is 6.15. The molecule has 0 saturated heterocycles. The minimum atomic E-state index is -0.427. The predicted octanol–water partition coefficient (Wildman–Crippen LogP) is 3.42. The summed E-state index contributed by atoms with van der Waals surface area (Å²) in [6.07, 6.45) is 1.72. The monoisotopic (exact) mass is 244 g/mol. The van der Waals surface area contributed by atoms with E-state index in [4.69, 9.17) is 0 Å². The molecule has 0 amide bonds. The fourth-order valence-electron chi connectivity index (χ4n) is 2.60. The fraction of sp³-hybridized carbons (Fsp3) is 0.500. The lowest BCUT2D eigenvalue weighted by atomic mass is 9.56. The van der Waals surface area contributed by atoms with E-state index in [1.54, 1.807) is 12.1 Å². The number of nitro groups is 1. The Hall–Kier alpha value is -1.89. The lowest BCUT2D eigenvalue weighted by Crippen LogP contribution is -2.42. The molecule has 2 rings (SSSR count). The van der Waals surface area contributed by atoms with Crippen molar-refractivity contribution >= 4 is 5.69 Å². The lowest BCUT2D eigenvalue weighted by molar-refractivity contribution is -0.384. The molecule has 0 heterocycles. The maximum Gasteiger partial charge on any atom is 0.269 e. The number of nitrogens with zero attached hydrogens (tertiary/aromatic N) is 2. The number of rotatable bonds is 3. The van der Waals surface area contributed by atoms with Crippen LogP contribution in [-0.4, -0.2) is 4.92 Å². The van der Waals surface area contributed by atoms with Crippen LogP contribution in [0.25, 0.3) is 0 Å². The van der Waals surface area contributed by atoms with Crippen LogP contribution < -0.4 is 0 Å². The second-order valence-electron chi connectivity index (χ2n) is 5.41. The second kappa shape index (κ2) is 4.41. The van der Waals surface area contributed by atoms with Gasteiger partial charge in [-0.05, 0) is 30.2 Å². The van der Waals surface area contributed by atoms with E-state index < -0.39 is 10.3 Å². The zero-order valence-electron chi connectivity index (χ0n) is 10.6. The van der Waals surface area contributed by atoms with Crippen LogP contribution in [0.2, 0.25) is 0 Å². The van der Waals surface area contributed by atoms with Crippen LogP contribution in [0.5, 0.6) is 0 Å². The van der Waals surface area contributed by atoms with Crippen LogP contribution >= 0.6 is 0 Å². The second-order valence-corrected chi connectivity index (χ2v) is 5.41. The summed E-state index contributed by atoms with van der Waals surface area (Å²) in [7, 11) is 0. The van der Waals surface area contributed by atoms with E-state index in [0.29, 0.717) is 11.8 Å². The van der Waals surface area contributed by atoms with Gasteiger partial charge in [-0.1, -0.05) is 26.0 Å². The standard InChI is InChI=1S/C14H16N2O2/c1-10(2)11-7-14(8-11,9-15)12-3-5-13(6-4-12)16(17)18/h3-6,10-11H,7-8H2,1-2H3. The molecule has 1 fully saturated rings. The van der Waals surface area contributed by atoms with Crippen LogP contribution in [0.4, 0.5) is 5.69 Å². The molecule has 1 aromatic rings. The van der Waals surface area contributed by atoms with Crippen molar-refractivity contribution in [2.45, 2.75) is 32.1 Å². The van der Waals surface area contributed by atoms with E-state index in [1.165, 1.54) is 12.1 Å². The van der Waals surface area contributed by atoms with Gasteiger partial charge >= 0.3 is 0 Å². The summed E-state index contributed by atoms with van der Waals surface area (Å²) in [6, 6.07) is 8.80. The summed E-state index contributed by atoms with van der Waals surface area (Å²) in [5, 5.41) is 20.0. The molecule has 0 radical (unpaired) electrons. The minimum Gasteiger partial charge on any atom is -0.258 e. The SMILES string of the molecule is CC(C)C1CC(C#N)(c2ccc([N+](=O)[O-])cc2)C1. The highest BCUT2D eigenvalue weighted by Gasteiger charge is 2.46. The Morgan fingerprint density at radius 1 is 1.39 bits per heavy atom. The predicted molar refractivity (Wildman–Crippen MR) is 67.9 cm³/mol. The number of nitriles is 1. The maximum atomic E-state index is 10.6. The number of hydrogen-bond acceptors (Lipinski definition) is 3. The van der Waals surface area contributed by atoms with Gasteiger partial charge in [0.2, 0.25) is 0 Å². The van der Waals surface area contributed by atoms with E-state index in [-0.39, 0.29) is 5.69 Å². The highest BCUT2D eigenvalue weighted by Crippen LogP contribution is 2.50. The molecule has 18 heavy (non-hydrogen) atoms. The molecule has 94 valence electrons. The molecule has 1 saturated carbocycles. The summed E-state index contributed by atoms with van der Waals surface area (Å²) in [5.41, 5.74) is 0.559. The third-order valence-corrected chi connectivity index (χ3v) is 4.01. The first-order chi connectivity index (χ1) is 8.48. The third-order valence-electron chi connectivity index (χ3n) is 4.01. The zero-order valence-corrected chi connectivity index (χ0v) is 10.6. The van der Waals surface area contributed by atoms with Crippen LogP contribution in [0.1, 0.15) is 32.3 Å². The molecule has 0 aliphatic heterocycles. The molecule has 0 aromatic heterocycles. The summed E-state index contributed by atoms with van der Waals surface area (Å²) in [6.45, 7) is 4.34. The molecule has 0 N–H and O–H groups in total. The maximum absolute atomic E-state index is 10.6. The number of nitro benzene ring substituents is 1. The smallest absolute Gasteiger partial charge is 0.258 e. The summed E-state index contributed by atoms with van der Waals surface area (Å²) < 4.78 is 0. The Bertz CT molecular complexity index is 494. The highest BCUT2D eigenvalue weighted by molar-refractivity contribution is 5.41. The molecule has 0 spiro atoms. The molecule has 4 nitrogen and oxygen atoms in total. The molecule has 0 atom stereocenters. The molecule has 0 unspecified atom stereocenters. The van der Waals surface area contributed by atoms with Crippen molar-refractivity contribution in [3.8, 4) is 6.07 Å². The quantitative estimate of drug-likeness (QED) is 0.604. The molecule has 1 aromatic carbocycles. The van der Waals surface area contributed by atoms with Crippen molar-refractivity contribution in [2.24, 2.45) is 11.8 Å². The zero-order chi connectivity index (χ0) is 13.3. The van der Waals surface area contributed by atoms with Gasteiger partial charge in [-0.3, -0.25) is 10.1 Å². The van der Waals surface area contributed by atoms with Crippen LogP contribution in [0, 0.1) is 33.3 Å². The highest BCUT2D eigenvalue weighted by atomic mass is 16.6. The third kappa shape index (κ3) is 1.97. The number of benzene rings is 1. The fourth-order valence-corrected chi connectivity index (χ4v) is 2.60. The van der Waals surface area contributed by atoms with E-state index in [1.807, 2.05) is 0 Å². The van der Waals surface area contributed by atoms with Crippen molar-refractivity contribution in [1.29, 1.82) is 5.26 Å². The average Bonchev–Trinajstić information content (AvgIpc) is 2.28. The summed E-state index contributed by atoms with van der Waals surface area (Å²) in [4.78, 5) is 10.2. The Kier molecular flexibility index (Phi) is 3.08. The van der Waals surface area contributed by atoms with Crippen molar-refractivity contribution in [3.05, 3.63) is 39.9 Å². The summed E-state index contributed by atoms with van der Waals surface area (Å²) >= 11 is 0. The van der Waals surface area contributed by atoms with Gasteiger partial charge in [0.25, 0.3) is 5.69 Å². The average molecular weight is 244 g/mol. The molecule has 1 aliphatic carbocycles. The van der Waals surface area contributed by atoms with Gasteiger partial charge in [-0.2, -0.15) is 5.26 Å². The Morgan fingerprint density at radius 3 is 2.33 bits per heavy atom. The van der Waals surface area contributed by atoms with Crippen LogP contribution in [-0.2, 0) is 5.41 Å². The minimum absolute atomic E-state index is 0.0755. The molecule has 0 bridgehead atoms. The normalized spacial score (nSPS) is 26.4. The van der Waals surface area contributed by atoms with E-state index >= 15 is 0 Å². The Labute approximate surface area is 106 Å². The lowest BCUT2D eigenvalue weighted by Gasteiger charge is -2.45. The van der Waals surface area contributed by atoms with Gasteiger partial charge in [-0.15, -0.1) is 0 Å². The topological polar surface area (TPSA) is 66.9 Å². The van der Waals surface area contributed by atoms with Crippen LogP contribution in [0.15, 0.2) is 24.3 Å². The largest absolute Gasteiger partial charge is 0.269 e. The van der Waals surface area contributed by atoms with E-state index in [9.17, 15) is 15.4 Å². The first kappa shape index (κ1) is 12.6. The van der Waals surface area contributed by atoms with Gasteiger partial charge in [0.1, 0.15) is 0 Å². The first-order valence-corrected chi connectivity index (χ1v) is 6.15. The Balaban J connectivity index is 2.21. The molecule has 1 aliphatic rings. The van der Waals surface area contributed by atoms with Crippen LogP contribution in [0.3, 0.4) is 0 Å². The van der Waals surface area contributed by atoms with Gasteiger partial charge in [0.15, 0.2) is 0 Å². The van der Waals surface area contributed by atoms with Crippen molar-refractivity contribution in [2.75, 3.05) is 0 Å². The van der Waals surface area contributed by atoms with Gasteiger partial charge in [-0.25, -0.2) is 0 Å².